The quantitative estimate of drug-likeness (QED) is 0.124. The van der Waals surface area contributed by atoms with Crippen LogP contribution in [0.2, 0.25) is 0 Å². The van der Waals surface area contributed by atoms with Gasteiger partial charge in [0, 0.05) is 11.3 Å². The Balaban J connectivity index is 1.55. The number of carbonyl (C=O) groups is 1. The van der Waals surface area contributed by atoms with Crippen LogP contribution in [0.3, 0.4) is 0 Å². The predicted molar refractivity (Wildman–Crippen MR) is 140 cm³/mol. The molecule has 0 unspecified atom stereocenters. The first-order valence-electron chi connectivity index (χ1n) is 10.6. The normalized spacial score (nSPS) is 10.8. The molecule has 0 saturated carbocycles. The molecule has 0 bridgehead atoms. The number of hydrogen-bond donors (Lipinski definition) is 2. The SMILES string of the molecule is COc1ccc(C(=O)Oc2ccc3ccccc3c2/C=N/NC(=S)Nc2cccc(C)c2)cc1. The average molecular weight is 470 g/mol. The number of ether oxygens (including phenoxy) is 2. The van der Waals surface area contributed by atoms with Crippen LogP contribution in [0.5, 0.6) is 11.5 Å². The van der Waals surface area contributed by atoms with E-state index in [9.17, 15) is 4.79 Å². The summed E-state index contributed by atoms with van der Waals surface area (Å²) in [6, 6.07) is 26.1. The molecule has 4 aromatic rings. The number of hydrogen-bond acceptors (Lipinski definition) is 5. The lowest BCUT2D eigenvalue weighted by atomic mass is 10.0. The van der Waals surface area contributed by atoms with Crippen LogP contribution in [0.4, 0.5) is 5.69 Å². The largest absolute Gasteiger partial charge is 0.497 e. The zero-order valence-corrected chi connectivity index (χ0v) is 19.6. The first-order valence-corrected chi connectivity index (χ1v) is 11.0. The Morgan fingerprint density at radius 2 is 1.76 bits per heavy atom. The summed E-state index contributed by atoms with van der Waals surface area (Å²) in [7, 11) is 1.57. The number of benzene rings is 4. The highest BCUT2D eigenvalue weighted by Gasteiger charge is 2.14. The number of anilines is 1. The summed E-state index contributed by atoms with van der Waals surface area (Å²) in [6.45, 7) is 2.01. The lowest BCUT2D eigenvalue weighted by molar-refractivity contribution is 0.0734. The highest BCUT2D eigenvalue weighted by molar-refractivity contribution is 7.80. The van der Waals surface area contributed by atoms with Gasteiger partial charge in [-0.1, -0.05) is 42.5 Å². The summed E-state index contributed by atoms with van der Waals surface area (Å²) >= 11 is 5.35. The molecule has 0 aliphatic rings. The summed E-state index contributed by atoms with van der Waals surface area (Å²) < 4.78 is 10.9. The van der Waals surface area contributed by atoms with Gasteiger partial charge in [-0.3, -0.25) is 5.43 Å². The summed E-state index contributed by atoms with van der Waals surface area (Å²) in [5.74, 6) is 0.580. The highest BCUT2D eigenvalue weighted by Crippen LogP contribution is 2.27. The van der Waals surface area contributed by atoms with Gasteiger partial charge in [0.25, 0.3) is 0 Å². The fourth-order valence-corrected chi connectivity index (χ4v) is 3.59. The van der Waals surface area contributed by atoms with Crippen LogP contribution in [0, 0.1) is 6.92 Å². The average Bonchev–Trinajstić information content (AvgIpc) is 2.85. The van der Waals surface area contributed by atoms with Crippen LogP contribution >= 0.6 is 12.2 Å². The van der Waals surface area contributed by atoms with Crippen LogP contribution < -0.4 is 20.2 Å². The zero-order valence-electron chi connectivity index (χ0n) is 18.7. The fourth-order valence-electron chi connectivity index (χ4n) is 3.42. The number of carbonyl (C=O) groups excluding carboxylic acids is 1. The topological polar surface area (TPSA) is 72.0 Å². The Hall–Kier alpha value is -4.23. The van der Waals surface area contributed by atoms with E-state index < -0.39 is 5.97 Å². The first-order chi connectivity index (χ1) is 16.5. The van der Waals surface area contributed by atoms with Gasteiger partial charge in [-0.25, -0.2) is 4.79 Å². The second-order valence-corrected chi connectivity index (χ2v) is 7.92. The lowest BCUT2D eigenvalue weighted by Crippen LogP contribution is -2.23. The molecule has 7 heteroatoms. The van der Waals surface area contributed by atoms with E-state index in [1.54, 1.807) is 43.7 Å². The van der Waals surface area contributed by atoms with Gasteiger partial charge < -0.3 is 14.8 Å². The van der Waals surface area contributed by atoms with E-state index in [4.69, 9.17) is 21.7 Å². The molecule has 0 aliphatic heterocycles. The Kier molecular flexibility index (Phi) is 7.15. The van der Waals surface area contributed by atoms with E-state index in [0.717, 1.165) is 22.0 Å². The van der Waals surface area contributed by atoms with Gasteiger partial charge in [0.05, 0.1) is 18.9 Å². The number of aryl methyl sites for hydroxylation is 1. The third kappa shape index (κ3) is 5.57. The zero-order chi connectivity index (χ0) is 23.9. The molecule has 0 heterocycles. The van der Waals surface area contributed by atoms with Gasteiger partial charge in [0.2, 0.25) is 0 Å². The maximum absolute atomic E-state index is 12.8. The van der Waals surface area contributed by atoms with E-state index in [2.05, 4.69) is 15.8 Å². The number of hydrazone groups is 1. The van der Waals surface area contributed by atoms with Crippen molar-refractivity contribution in [2.45, 2.75) is 6.92 Å². The molecule has 0 atom stereocenters. The molecule has 0 fully saturated rings. The van der Waals surface area contributed by atoms with Gasteiger partial charge in [0.1, 0.15) is 11.5 Å². The molecule has 6 nitrogen and oxygen atoms in total. The van der Waals surface area contributed by atoms with Crippen molar-refractivity contribution < 1.29 is 14.3 Å². The molecule has 2 N–H and O–H groups in total. The third-order valence-electron chi connectivity index (χ3n) is 5.09. The predicted octanol–water partition coefficient (Wildman–Crippen LogP) is 5.70. The smallest absolute Gasteiger partial charge is 0.343 e. The van der Waals surface area contributed by atoms with Crippen LogP contribution in [-0.4, -0.2) is 24.4 Å². The van der Waals surface area contributed by atoms with Gasteiger partial charge in [-0.2, -0.15) is 5.10 Å². The van der Waals surface area contributed by atoms with E-state index >= 15 is 0 Å². The monoisotopic (exact) mass is 469 g/mol. The Morgan fingerprint density at radius 1 is 0.971 bits per heavy atom. The minimum atomic E-state index is -0.475. The van der Waals surface area contributed by atoms with Crippen LogP contribution in [-0.2, 0) is 0 Å². The number of rotatable bonds is 6. The Labute approximate surface area is 203 Å². The summed E-state index contributed by atoms with van der Waals surface area (Å²) in [5, 5.41) is 9.62. The van der Waals surface area contributed by atoms with Gasteiger partial charge in [-0.15, -0.1) is 0 Å². The molecule has 0 radical (unpaired) electrons. The van der Waals surface area contributed by atoms with Crippen LogP contribution in [0.25, 0.3) is 10.8 Å². The number of thiocarbonyl (C=S) groups is 1. The number of methoxy groups -OCH3 is 1. The molecule has 0 aliphatic carbocycles. The van der Waals surface area contributed by atoms with Crippen LogP contribution in [0.15, 0.2) is 90.0 Å². The van der Waals surface area contributed by atoms with Gasteiger partial charge >= 0.3 is 5.97 Å². The van der Waals surface area contributed by atoms with Gasteiger partial charge in [-0.05, 0) is 77.9 Å². The molecule has 34 heavy (non-hydrogen) atoms. The molecule has 4 aromatic carbocycles. The number of esters is 1. The van der Waals surface area contributed by atoms with Gasteiger partial charge in [0.15, 0.2) is 5.11 Å². The van der Waals surface area contributed by atoms with E-state index in [1.807, 2.05) is 61.5 Å². The standard InChI is InChI=1S/C27H23N3O3S/c1-18-6-5-8-21(16-18)29-27(34)30-28-17-24-23-9-4-3-7-19(23)12-15-25(24)33-26(31)20-10-13-22(32-2)14-11-20/h3-17H,1-2H3,(H2,29,30,34)/b28-17+. The second kappa shape index (κ2) is 10.6. The summed E-state index contributed by atoms with van der Waals surface area (Å²) in [5.41, 5.74) is 5.89. The summed E-state index contributed by atoms with van der Waals surface area (Å²) in [4.78, 5) is 12.8. The Bertz CT molecular complexity index is 1370. The minimum Gasteiger partial charge on any atom is -0.497 e. The number of fused-ring (bicyclic) bond motifs is 1. The van der Waals surface area contributed by atoms with Crippen molar-refractivity contribution in [3.63, 3.8) is 0 Å². The molecule has 0 aromatic heterocycles. The van der Waals surface area contributed by atoms with E-state index in [0.29, 0.717) is 27.7 Å². The number of nitrogens with one attached hydrogen (secondary N) is 2. The van der Waals surface area contributed by atoms with Crippen molar-refractivity contribution in [2.75, 3.05) is 12.4 Å². The fraction of sp³-hybridized carbons (Fsp3) is 0.0741. The summed E-state index contributed by atoms with van der Waals surface area (Å²) in [6.07, 6.45) is 1.60. The number of nitrogens with zero attached hydrogens (tertiary/aromatic N) is 1. The molecular weight excluding hydrogens is 446 g/mol. The van der Waals surface area contributed by atoms with Crippen molar-refractivity contribution >= 4 is 46.0 Å². The molecule has 0 saturated heterocycles. The maximum Gasteiger partial charge on any atom is 0.343 e. The minimum absolute atomic E-state index is 0.346. The van der Waals surface area contributed by atoms with Crippen molar-refractivity contribution in [1.82, 2.24) is 5.43 Å². The molecule has 0 amide bonds. The molecule has 4 rings (SSSR count). The van der Waals surface area contributed by atoms with E-state index in [1.165, 1.54) is 0 Å². The van der Waals surface area contributed by atoms with E-state index in [-0.39, 0.29) is 0 Å². The molecule has 0 spiro atoms. The lowest BCUT2D eigenvalue weighted by Gasteiger charge is -2.11. The first kappa shape index (κ1) is 22.9. The van der Waals surface area contributed by atoms with Crippen molar-refractivity contribution in [3.8, 4) is 11.5 Å². The van der Waals surface area contributed by atoms with Crippen molar-refractivity contribution in [1.29, 1.82) is 0 Å². The maximum atomic E-state index is 12.8. The second-order valence-electron chi connectivity index (χ2n) is 7.51. The van der Waals surface area contributed by atoms with Crippen molar-refractivity contribution in [2.24, 2.45) is 5.10 Å². The van der Waals surface area contributed by atoms with Crippen molar-refractivity contribution in [3.05, 3.63) is 102 Å². The Morgan fingerprint density at radius 3 is 2.53 bits per heavy atom. The highest BCUT2D eigenvalue weighted by atomic mass is 32.1. The van der Waals surface area contributed by atoms with Crippen LogP contribution in [0.1, 0.15) is 21.5 Å². The molecular formula is C27H23N3O3S. The third-order valence-corrected chi connectivity index (χ3v) is 5.29. The molecule has 170 valence electrons.